The Morgan fingerprint density at radius 3 is 2.29 bits per heavy atom. The summed E-state index contributed by atoms with van der Waals surface area (Å²) in [5.74, 6) is 0. The monoisotopic (exact) mass is 291 g/mol. The van der Waals surface area contributed by atoms with Crippen LogP contribution >= 0.6 is 0 Å². The maximum atomic E-state index is 4.34. The van der Waals surface area contributed by atoms with E-state index in [-0.39, 0.29) is 5.54 Å². The van der Waals surface area contributed by atoms with E-state index < -0.39 is 0 Å². The predicted molar refractivity (Wildman–Crippen MR) is 91.3 cm³/mol. The predicted octanol–water partition coefficient (Wildman–Crippen LogP) is 3.71. The summed E-state index contributed by atoms with van der Waals surface area (Å²) < 4.78 is 0. The molecule has 1 rings (SSSR count). The van der Waals surface area contributed by atoms with Crippen LogP contribution in [0, 0.1) is 5.41 Å². The molecule has 120 valence electrons. The fourth-order valence-electron chi connectivity index (χ4n) is 2.19. The van der Waals surface area contributed by atoms with Crippen molar-refractivity contribution in [1.29, 1.82) is 0 Å². The van der Waals surface area contributed by atoms with Crippen molar-refractivity contribution in [2.75, 3.05) is 19.6 Å². The van der Waals surface area contributed by atoms with Crippen LogP contribution in [0.5, 0.6) is 0 Å². The van der Waals surface area contributed by atoms with Gasteiger partial charge < -0.3 is 5.32 Å². The van der Waals surface area contributed by atoms with Crippen LogP contribution in [0.25, 0.3) is 0 Å². The van der Waals surface area contributed by atoms with Crippen molar-refractivity contribution in [3.8, 4) is 0 Å². The lowest BCUT2D eigenvalue weighted by Gasteiger charge is -2.37. The summed E-state index contributed by atoms with van der Waals surface area (Å²) in [4.78, 5) is 6.91. The Labute approximate surface area is 131 Å². The molecule has 0 radical (unpaired) electrons. The normalized spacial score (nSPS) is 12.9. The highest BCUT2D eigenvalue weighted by Gasteiger charge is 2.22. The summed E-state index contributed by atoms with van der Waals surface area (Å²) in [5, 5.41) is 3.50. The van der Waals surface area contributed by atoms with E-state index in [1.165, 1.54) is 6.42 Å². The molecule has 0 saturated carbocycles. The minimum atomic E-state index is 0.220. The average Bonchev–Trinajstić information content (AvgIpc) is 2.36. The van der Waals surface area contributed by atoms with Gasteiger partial charge in [0.05, 0.1) is 5.69 Å². The van der Waals surface area contributed by atoms with Crippen molar-refractivity contribution in [1.82, 2.24) is 15.2 Å². The molecule has 0 amide bonds. The van der Waals surface area contributed by atoms with Crippen LogP contribution in [-0.2, 0) is 6.54 Å². The first kappa shape index (κ1) is 18.1. The largest absolute Gasteiger partial charge is 0.310 e. The van der Waals surface area contributed by atoms with E-state index in [2.05, 4.69) is 62.8 Å². The second-order valence-corrected chi connectivity index (χ2v) is 7.97. The van der Waals surface area contributed by atoms with Gasteiger partial charge in [0.25, 0.3) is 0 Å². The second-order valence-electron chi connectivity index (χ2n) is 7.97. The van der Waals surface area contributed by atoms with Crippen LogP contribution in [0.1, 0.15) is 53.7 Å². The minimum absolute atomic E-state index is 0.220. The zero-order valence-corrected chi connectivity index (χ0v) is 14.7. The van der Waals surface area contributed by atoms with Gasteiger partial charge in [0.2, 0.25) is 0 Å². The van der Waals surface area contributed by atoms with E-state index in [1.54, 1.807) is 0 Å². The molecule has 1 aromatic rings. The zero-order valence-electron chi connectivity index (χ0n) is 14.7. The lowest BCUT2D eigenvalue weighted by molar-refractivity contribution is 0.119. The maximum Gasteiger partial charge on any atom is 0.0541 e. The van der Waals surface area contributed by atoms with Gasteiger partial charge in [-0.2, -0.15) is 0 Å². The fraction of sp³-hybridized carbons (Fsp3) is 0.722. The molecular weight excluding hydrogens is 258 g/mol. The van der Waals surface area contributed by atoms with E-state index in [1.807, 2.05) is 18.3 Å². The van der Waals surface area contributed by atoms with Gasteiger partial charge in [-0.15, -0.1) is 0 Å². The topological polar surface area (TPSA) is 28.2 Å². The van der Waals surface area contributed by atoms with Gasteiger partial charge in [0.1, 0.15) is 0 Å². The van der Waals surface area contributed by atoms with Crippen LogP contribution in [0.15, 0.2) is 24.4 Å². The van der Waals surface area contributed by atoms with E-state index in [0.717, 1.165) is 31.9 Å². The van der Waals surface area contributed by atoms with Crippen molar-refractivity contribution in [3.05, 3.63) is 30.1 Å². The summed E-state index contributed by atoms with van der Waals surface area (Å²) in [7, 11) is 0. The molecule has 21 heavy (non-hydrogen) atoms. The van der Waals surface area contributed by atoms with Gasteiger partial charge in [-0.25, -0.2) is 0 Å². The average molecular weight is 291 g/mol. The van der Waals surface area contributed by atoms with E-state index in [4.69, 9.17) is 0 Å². The van der Waals surface area contributed by atoms with Gasteiger partial charge in [0, 0.05) is 31.4 Å². The first-order valence-corrected chi connectivity index (χ1v) is 8.04. The van der Waals surface area contributed by atoms with Crippen molar-refractivity contribution in [3.63, 3.8) is 0 Å². The molecule has 0 bridgehead atoms. The Balaban J connectivity index is 2.36. The van der Waals surface area contributed by atoms with Crippen LogP contribution < -0.4 is 5.32 Å². The Bertz CT molecular complexity index is 387. The molecule has 0 aliphatic rings. The number of aromatic nitrogens is 1. The third kappa shape index (κ3) is 8.18. The van der Waals surface area contributed by atoms with Gasteiger partial charge in [-0.05, 0) is 51.3 Å². The quantitative estimate of drug-likeness (QED) is 0.776. The highest BCUT2D eigenvalue weighted by molar-refractivity contribution is 5.02. The fourth-order valence-corrected chi connectivity index (χ4v) is 2.19. The maximum absolute atomic E-state index is 4.34. The Morgan fingerprint density at radius 2 is 1.76 bits per heavy atom. The second kappa shape index (κ2) is 7.90. The smallest absolute Gasteiger partial charge is 0.0541 e. The van der Waals surface area contributed by atoms with Crippen LogP contribution in [0.4, 0.5) is 0 Å². The number of nitrogens with one attached hydrogen (secondary N) is 1. The van der Waals surface area contributed by atoms with Gasteiger partial charge in [0.15, 0.2) is 0 Å². The van der Waals surface area contributed by atoms with Crippen LogP contribution in [0.2, 0.25) is 0 Å². The standard InChI is InChI=1S/C18H33N3/c1-17(2,3)10-13-21(18(4,5)6)14-12-19-15-16-9-7-8-11-20-16/h7-9,11,19H,10,12-15H2,1-6H3. The first-order valence-electron chi connectivity index (χ1n) is 8.04. The van der Waals surface area contributed by atoms with Crippen LogP contribution in [-0.4, -0.2) is 35.1 Å². The third-order valence-corrected chi connectivity index (χ3v) is 3.67. The van der Waals surface area contributed by atoms with Crippen molar-refractivity contribution in [2.45, 2.75) is 60.0 Å². The van der Waals surface area contributed by atoms with E-state index >= 15 is 0 Å². The van der Waals surface area contributed by atoms with Gasteiger partial charge in [-0.1, -0.05) is 26.8 Å². The van der Waals surface area contributed by atoms with E-state index in [9.17, 15) is 0 Å². The van der Waals surface area contributed by atoms with Crippen molar-refractivity contribution < 1.29 is 0 Å². The van der Waals surface area contributed by atoms with Crippen molar-refractivity contribution >= 4 is 0 Å². The highest BCUT2D eigenvalue weighted by Crippen LogP contribution is 2.22. The first-order chi connectivity index (χ1) is 9.68. The summed E-state index contributed by atoms with van der Waals surface area (Å²) >= 11 is 0. The molecule has 3 nitrogen and oxygen atoms in total. The number of rotatable bonds is 7. The number of nitrogens with zero attached hydrogens (tertiary/aromatic N) is 2. The van der Waals surface area contributed by atoms with Crippen molar-refractivity contribution in [2.24, 2.45) is 5.41 Å². The SMILES string of the molecule is CC(C)(C)CCN(CCNCc1ccccn1)C(C)(C)C. The Morgan fingerprint density at radius 1 is 1.05 bits per heavy atom. The molecule has 0 aromatic carbocycles. The van der Waals surface area contributed by atoms with E-state index in [0.29, 0.717) is 5.41 Å². The summed E-state index contributed by atoms with van der Waals surface area (Å²) in [6, 6.07) is 6.06. The van der Waals surface area contributed by atoms with Gasteiger partial charge in [-0.3, -0.25) is 9.88 Å². The lowest BCUT2D eigenvalue weighted by Crippen LogP contribution is -2.46. The molecule has 0 atom stereocenters. The van der Waals surface area contributed by atoms with Crippen LogP contribution in [0.3, 0.4) is 0 Å². The Hall–Kier alpha value is -0.930. The molecule has 0 spiro atoms. The molecule has 1 aromatic heterocycles. The summed E-state index contributed by atoms with van der Waals surface area (Å²) in [5.41, 5.74) is 1.72. The Kier molecular flexibility index (Phi) is 6.82. The molecule has 0 aliphatic heterocycles. The highest BCUT2D eigenvalue weighted by atomic mass is 15.2. The molecule has 0 fully saturated rings. The van der Waals surface area contributed by atoms with Gasteiger partial charge >= 0.3 is 0 Å². The number of hydrogen-bond acceptors (Lipinski definition) is 3. The molecule has 1 heterocycles. The zero-order chi connectivity index (χ0) is 15.9. The molecule has 1 N–H and O–H groups in total. The number of hydrogen-bond donors (Lipinski definition) is 1. The molecule has 3 heteroatoms. The molecule has 0 saturated heterocycles. The third-order valence-electron chi connectivity index (χ3n) is 3.67. The lowest BCUT2D eigenvalue weighted by atomic mass is 9.91. The molecule has 0 unspecified atom stereocenters. The minimum Gasteiger partial charge on any atom is -0.310 e. The molecule has 0 aliphatic carbocycles. The summed E-state index contributed by atoms with van der Waals surface area (Å²) in [6.07, 6.45) is 3.08. The summed E-state index contributed by atoms with van der Waals surface area (Å²) in [6.45, 7) is 17.9. The number of pyridine rings is 1. The molecular formula is C18H33N3.